The summed E-state index contributed by atoms with van der Waals surface area (Å²) in [4.78, 5) is 23.9. The van der Waals surface area contributed by atoms with Gasteiger partial charge < -0.3 is 14.2 Å². The standard InChI is InChI=1S/C28H32N4O2/c1-28(2,3)34-27(33)31-16-13-20(14-17-31)15-18-32-25-22-11-7-8-12-23(22)29-19-24(25)30-26(32)21-9-5-4-6-10-21/h4-12,19-20H,13-18H2,1-3H3. The van der Waals surface area contributed by atoms with E-state index in [0.29, 0.717) is 5.92 Å². The fourth-order valence-corrected chi connectivity index (χ4v) is 4.83. The number of piperidine rings is 1. The highest BCUT2D eigenvalue weighted by atomic mass is 16.6. The van der Waals surface area contributed by atoms with Gasteiger partial charge in [-0.25, -0.2) is 9.78 Å². The van der Waals surface area contributed by atoms with Crippen LogP contribution in [0.15, 0.2) is 60.8 Å². The second-order valence-electron chi connectivity index (χ2n) is 10.2. The van der Waals surface area contributed by atoms with Crippen LogP contribution in [0.3, 0.4) is 0 Å². The number of benzene rings is 2. The van der Waals surface area contributed by atoms with Crippen molar-refractivity contribution in [1.82, 2.24) is 19.4 Å². The first-order valence-corrected chi connectivity index (χ1v) is 12.2. The molecule has 1 saturated heterocycles. The first-order valence-electron chi connectivity index (χ1n) is 12.2. The van der Waals surface area contributed by atoms with Crippen molar-refractivity contribution in [1.29, 1.82) is 0 Å². The molecular formula is C28H32N4O2. The zero-order chi connectivity index (χ0) is 23.7. The Bertz CT molecular complexity index is 1300. The molecule has 1 fully saturated rings. The van der Waals surface area contributed by atoms with Crippen LogP contribution in [0.1, 0.15) is 40.0 Å². The van der Waals surface area contributed by atoms with Crippen LogP contribution in [-0.2, 0) is 11.3 Å². The fraction of sp³-hybridized carbons (Fsp3) is 0.393. The lowest BCUT2D eigenvalue weighted by atomic mass is 9.93. The average Bonchev–Trinajstić information content (AvgIpc) is 3.22. The topological polar surface area (TPSA) is 60.2 Å². The number of aromatic nitrogens is 3. The third-order valence-electron chi connectivity index (χ3n) is 6.54. The van der Waals surface area contributed by atoms with Gasteiger partial charge in [0, 0.05) is 30.6 Å². The highest BCUT2D eigenvalue weighted by molar-refractivity contribution is 6.03. The number of pyridine rings is 1. The van der Waals surface area contributed by atoms with Crippen molar-refractivity contribution >= 4 is 28.0 Å². The number of fused-ring (bicyclic) bond motifs is 3. The number of para-hydroxylation sites is 1. The predicted molar refractivity (Wildman–Crippen MR) is 136 cm³/mol. The van der Waals surface area contributed by atoms with E-state index in [1.54, 1.807) is 0 Å². The number of imidazole rings is 1. The minimum Gasteiger partial charge on any atom is -0.444 e. The van der Waals surface area contributed by atoms with Crippen molar-refractivity contribution in [3.63, 3.8) is 0 Å². The maximum Gasteiger partial charge on any atom is 0.410 e. The van der Waals surface area contributed by atoms with Crippen molar-refractivity contribution < 1.29 is 9.53 Å². The van der Waals surface area contributed by atoms with E-state index in [1.807, 2.05) is 44.0 Å². The Morgan fingerprint density at radius 3 is 2.44 bits per heavy atom. The summed E-state index contributed by atoms with van der Waals surface area (Å²) >= 11 is 0. The number of aryl methyl sites for hydroxylation is 1. The third-order valence-corrected chi connectivity index (χ3v) is 6.54. The molecule has 1 aliphatic rings. The van der Waals surface area contributed by atoms with E-state index in [-0.39, 0.29) is 6.09 Å². The van der Waals surface area contributed by atoms with Gasteiger partial charge in [-0.3, -0.25) is 4.98 Å². The molecule has 176 valence electrons. The highest BCUT2D eigenvalue weighted by Crippen LogP contribution is 2.31. The molecule has 0 spiro atoms. The van der Waals surface area contributed by atoms with Gasteiger partial charge >= 0.3 is 6.09 Å². The maximum absolute atomic E-state index is 12.4. The summed E-state index contributed by atoms with van der Waals surface area (Å²) in [6, 6.07) is 18.7. The van der Waals surface area contributed by atoms with Crippen molar-refractivity contribution in [3.8, 4) is 11.4 Å². The second-order valence-corrected chi connectivity index (χ2v) is 10.2. The van der Waals surface area contributed by atoms with Crippen molar-refractivity contribution in [2.75, 3.05) is 13.1 Å². The van der Waals surface area contributed by atoms with Crippen molar-refractivity contribution in [3.05, 3.63) is 60.8 Å². The third kappa shape index (κ3) is 4.63. The predicted octanol–water partition coefficient (Wildman–Crippen LogP) is 6.29. The summed E-state index contributed by atoms with van der Waals surface area (Å²) in [6.45, 7) is 8.13. The Morgan fingerprint density at radius 1 is 1.00 bits per heavy atom. The first kappa shape index (κ1) is 22.4. The first-order chi connectivity index (χ1) is 16.4. The summed E-state index contributed by atoms with van der Waals surface area (Å²) in [5, 5.41) is 1.13. The van der Waals surface area contributed by atoms with E-state index in [2.05, 4.69) is 52.0 Å². The molecule has 4 aromatic rings. The summed E-state index contributed by atoms with van der Waals surface area (Å²) in [5.41, 5.74) is 3.72. The van der Waals surface area contributed by atoms with Crippen LogP contribution < -0.4 is 0 Å². The van der Waals surface area contributed by atoms with Crippen LogP contribution in [-0.4, -0.2) is 44.2 Å². The largest absolute Gasteiger partial charge is 0.444 e. The fourth-order valence-electron chi connectivity index (χ4n) is 4.83. The van der Waals surface area contributed by atoms with Crippen LogP contribution in [0.5, 0.6) is 0 Å². The van der Waals surface area contributed by atoms with Gasteiger partial charge in [0.05, 0.1) is 17.2 Å². The van der Waals surface area contributed by atoms with Gasteiger partial charge in [-0.05, 0) is 52.0 Å². The van der Waals surface area contributed by atoms with Crippen LogP contribution >= 0.6 is 0 Å². The van der Waals surface area contributed by atoms with Crippen LogP contribution in [0.25, 0.3) is 33.3 Å². The lowest BCUT2D eigenvalue weighted by Crippen LogP contribution is -2.41. The molecule has 0 aliphatic carbocycles. The molecule has 6 heteroatoms. The number of ether oxygens (including phenoxy) is 1. The summed E-state index contributed by atoms with van der Waals surface area (Å²) in [7, 11) is 0. The quantitative estimate of drug-likeness (QED) is 0.362. The average molecular weight is 457 g/mol. The number of hydrogen-bond acceptors (Lipinski definition) is 4. The van der Waals surface area contributed by atoms with Gasteiger partial charge in [0.2, 0.25) is 0 Å². The lowest BCUT2D eigenvalue weighted by Gasteiger charge is -2.33. The van der Waals surface area contributed by atoms with Gasteiger partial charge in [-0.15, -0.1) is 0 Å². The molecule has 5 rings (SSSR count). The van der Waals surface area contributed by atoms with Gasteiger partial charge in [0.15, 0.2) is 0 Å². The van der Waals surface area contributed by atoms with Crippen LogP contribution in [0, 0.1) is 5.92 Å². The van der Waals surface area contributed by atoms with Gasteiger partial charge in [-0.1, -0.05) is 48.5 Å². The van der Waals surface area contributed by atoms with Crippen molar-refractivity contribution in [2.24, 2.45) is 5.92 Å². The molecule has 6 nitrogen and oxygen atoms in total. The number of rotatable bonds is 4. The zero-order valence-electron chi connectivity index (χ0n) is 20.2. The lowest BCUT2D eigenvalue weighted by molar-refractivity contribution is 0.0180. The Hall–Kier alpha value is -3.41. The smallest absolute Gasteiger partial charge is 0.410 e. The SMILES string of the molecule is CC(C)(C)OC(=O)N1CCC(CCn2c(-c3ccccc3)nc3cnc4ccccc4c32)CC1. The van der Waals surface area contributed by atoms with E-state index in [9.17, 15) is 4.79 Å². The Labute approximate surface area is 200 Å². The number of likely N-dealkylation sites (tertiary alicyclic amines) is 1. The molecule has 0 saturated carbocycles. The Kier molecular flexibility index (Phi) is 5.98. The summed E-state index contributed by atoms with van der Waals surface area (Å²) in [6.07, 6.45) is 4.73. The van der Waals surface area contributed by atoms with Gasteiger partial charge in [-0.2, -0.15) is 0 Å². The Balaban J connectivity index is 1.38. The number of nitrogens with zero attached hydrogens (tertiary/aromatic N) is 4. The van der Waals surface area contributed by atoms with Crippen molar-refractivity contribution in [2.45, 2.75) is 52.2 Å². The number of carbonyl (C=O) groups is 1. The molecule has 0 unspecified atom stereocenters. The number of hydrogen-bond donors (Lipinski definition) is 0. The molecule has 0 atom stereocenters. The molecule has 0 radical (unpaired) electrons. The second kappa shape index (κ2) is 9.09. The normalized spacial score (nSPS) is 15.2. The van der Waals surface area contributed by atoms with Gasteiger partial charge in [0.1, 0.15) is 16.9 Å². The molecule has 3 heterocycles. The molecule has 2 aromatic carbocycles. The molecule has 0 bridgehead atoms. The van der Waals surface area contributed by atoms with E-state index < -0.39 is 5.60 Å². The number of carbonyl (C=O) groups excluding carboxylic acids is 1. The summed E-state index contributed by atoms with van der Waals surface area (Å²) in [5.74, 6) is 1.55. The van der Waals surface area contributed by atoms with E-state index in [0.717, 1.165) is 72.2 Å². The van der Waals surface area contributed by atoms with Crippen LogP contribution in [0.2, 0.25) is 0 Å². The molecule has 1 amide bonds. The van der Waals surface area contributed by atoms with E-state index >= 15 is 0 Å². The minimum atomic E-state index is -0.456. The van der Waals surface area contributed by atoms with Gasteiger partial charge in [0.25, 0.3) is 0 Å². The minimum absolute atomic E-state index is 0.197. The number of amides is 1. The Morgan fingerprint density at radius 2 is 1.71 bits per heavy atom. The molecule has 1 aliphatic heterocycles. The zero-order valence-corrected chi connectivity index (χ0v) is 20.2. The highest BCUT2D eigenvalue weighted by Gasteiger charge is 2.27. The summed E-state index contributed by atoms with van der Waals surface area (Å²) < 4.78 is 7.92. The van der Waals surface area contributed by atoms with Crippen LogP contribution in [0.4, 0.5) is 4.79 Å². The molecular weight excluding hydrogens is 424 g/mol. The molecule has 34 heavy (non-hydrogen) atoms. The monoisotopic (exact) mass is 456 g/mol. The van der Waals surface area contributed by atoms with E-state index in [1.165, 1.54) is 0 Å². The molecule has 2 aromatic heterocycles. The molecule has 0 N–H and O–H groups in total. The van der Waals surface area contributed by atoms with E-state index in [4.69, 9.17) is 9.72 Å². The maximum atomic E-state index is 12.4.